The molecule has 3 aromatic heterocycles. The van der Waals surface area contributed by atoms with E-state index in [9.17, 15) is 18.0 Å². The molecule has 0 unspecified atom stereocenters. The quantitative estimate of drug-likeness (QED) is 0.460. The lowest BCUT2D eigenvalue weighted by Gasteiger charge is -2.09. The first-order chi connectivity index (χ1) is 13.9. The van der Waals surface area contributed by atoms with Gasteiger partial charge in [0.1, 0.15) is 6.54 Å². The predicted molar refractivity (Wildman–Crippen MR) is 106 cm³/mol. The Morgan fingerprint density at radius 2 is 2.00 bits per heavy atom. The molecule has 4 rings (SSSR count). The Bertz CT molecular complexity index is 1350. The molecule has 0 saturated carbocycles. The number of fused-ring (bicyclic) bond motifs is 2. The second-order valence-electron chi connectivity index (χ2n) is 6.31. The number of amides is 1. The SMILES string of the molecule is O=C(Cn1c(=O)oc2ccccc21)NCCS(=O)(=O)Nc1ccn2nccc2c1. The number of hydrogen-bond acceptors (Lipinski definition) is 6. The maximum Gasteiger partial charge on any atom is 0.420 e. The maximum absolute atomic E-state index is 12.2. The van der Waals surface area contributed by atoms with Gasteiger partial charge in [0.2, 0.25) is 15.9 Å². The number of pyridine rings is 1. The lowest BCUT2D eigenvalue weighted by Crippen LogP contribution is -2.35. The number of carbonyl (C=O) groups is 1. The number of hydrogen-bond donors (Lipinski definition) is 2. The molecule has 0 aliphatic carbocycles. The van der Waals surface area contributed by atoms with Gasteiger partial charge in [-0.1, -0.05) is 12.1 Å². The van der Waals surface area contributed by atoms with E-state index in [0.29, 0.717) is 16.8 Å². The van der Waals surface area contributed by atoms with Gasteiger partial charge in [0.15, 0.2) is 5.58 Å². The van der Waals surface area contributed by atoms with E-state index in [4.69, 9.17) is 4.42 Å². The monoisotopic (exact) mass is 415 g/mol. The van der Waals surface area contributed by atoms with E-state index < -0.39 is 21.7 Å². The third-order valence-corrected chi connectivity index (χ3v) is 5.53. The predicted octanol–water partition coefficient (Wildman–Crippen LogP) is 0.800. The van der Waals surface area contributed by atoms with E-state index in [1.807, 2.05) is 0 Å². The molecule has 4 aromatic rings. The van der Waals surface area contributed by atoms with Crippen LogP contribution < -0.4 is 15.8 Å². The van der Waals surface area contributed by atoms with Gasteiger partial charge >= 0.3 is 5.76 Å². The minimum atomic E-state index is -3.67. The van der Waals surface area contributed by atoms with Gasteiger partial charge in [-0.3, -0.25) is 14.1 Å². The molecule has 0 atom stereocenters. The highest BCUT2D eigenvalue weighted by Crippen LogP contribution is 2.13. The van der Waals surface area contributed by atoms with Crippen molar-refractivity contribution in [3.8, 4) is 0 Å². The molecular formula is C18H17N5O5S. The number of carbonyl (C=O) groups excluding carboxylic acids is 1. The standard InChI is InChI=1S/C18H17N5O5S/c24-17(12-22-15-3-1-2-4-16(15)28-18(22)25)19-8-10-29(26,27)21-13-6-9-23-14(11-13)5-7-20-23/h1-7,9,11,21H,8,10,12H2,(H,19,24). The molecule has 0 spiro atoms. The van der Waals surface area contributed by atoms with Gasteiger partial charge in [0.25, 0.3) is 0 Å². The smallest absolute Gasteiger partial charge is 0.408 e. The van der Waals surface area contributed by atoms with Crippen molar-refractivity contribution in [2.24, 2.45) is 0 Å². The first-order valence-corrected chi connectivity index (χ1v) is 10.4. The van der Waals surface area contributed by atoms with E-state index in [-0.39, 0.29) is 18.8 Å². The Morgan fingerprint density at radius 3 is 2.86 bits per heavy atom. The lowest BCUT2D eigenvalue weighted by molar-refractivity contribution is -0.121. The molecule has 29 heavy (non-hydrogen) atoms. The van der Waals surface area contributed by atoms with Crippen LogP contribution in [0.15, 0.2) is 64.1 Å². The summed E-state index contributed by atoms with van der Waals surface area (Å²) in [6.45, 7) is -0.366. The molecule has 0 aliphatic rings. The van der Waals surface area contributed by atoms with E-state index in [0.717, 1.165) is 5.52 Å². The summed E-state index contributed by atoms with van der Waals surface area (Å²) in [6, 6.07) is 11.7. The van der Waals surface area contributed by atoms with E-state index in [2.05, 4.69) is 15.1 Å². The summed E-state index contributed by atoms with van der Waals surface area (Å²) < 4.78 is 34.8. The second-order valence-corrected chi connectivity index (χ2v) is 8.15. The summed E-state index contributed by atoms with van der Waals surface area (Å²) in [5, 5.41) is 6.55. The van der Waals surface area contributed by atoms with Crippen molar-refractivity contribution in [3.63, 3.8) is 0 Å². The minimum absolute atomic E-state index is 0.104. The van der Waals surface area contributed by atoms with Crippen molar-refractivity contribution in [2.75, 3.05) is 17.0 Å². The molecule has 150 valence electrons. The number of benzene rings is 1. The van der Waals surface area contributed by atoms with E-state index in [1.165, 1.54) is 4.57 Å². The molecule has 0 radical (unpaired) electrons. The lowest BCUT2D eigenvalue weighted by atomic mass is 10.3. The molecule has 0 fully saturated rings. The second kappa shape index (κ2) is 7.43. The number of anilines is 1. The first kappa shape index (κ1) is 18.7. The van der Waals surface area contributed by atoms with Crippen molar-refractivity contribution in [3.05, 3.63) is 65.4 Å². The minimum Gasteiger partial charge on any atom is -0.408 e. The molecule has 1 amide bonds. The zero-order valence-electron chi connectivity index (χ0n) is 15.1. The number of nitrogens with one attached hydrogen (secondary N) is 2. The third-order valence-electron chi connectivity index (χ3n) is 4.24. The highest BCUT2D eigenvalue weighted by atomic mass is 32.2. The number of rotatable bonds is 7. The van der Waals surface area contributed by atoms with Crippen LogP contribution in [0.2, 0.25) is 0 Å². The maximum atomic E-state index is 12.2. The van der Waals surface area contributed by atoms with Gasteiger partial charge in [0.05, 0.1) is 22.5 Å². The molecule has 0 aliphatic heterocycles. The molecule has 2 N–H and O–H groups in total. The van der Waals surface area contributed by atoms with Crippen LogP contribution in [-0.2, 0) is 21.4 Å². The number of para-hydroxylation sites is 2. The van der Waals surface area contributed by atoms with Crippen LogP contribution >= 0.6 is 0 Å². The summed E-state index contributed by atoms with van der Waals surface area (Å²) in [4.78, 5) is 24.0. The molecule has 1 aromatic carbocycles. The number of sulfonamides is 1. The highest BCUT2D eigenvalue weighted by molar-refractivity contribution is 7.92. The van der Waals surface area contributed by atoms with E-state index in [1.54, 1.807) is 59.4 Å². The van der Waals surface area contributed by atoms with Crippen LogP contribution in [-0.4, -0.2) is 40.8 Å². The first-order valence-electron chi connectivity index (χ1n) is 8.70. The Labute approximate surface area is 164 Å². The molecule has 10 nitrogen and oxygen atoms in total. The zero-order valence-corrected chi connectivity index (χ0v) is 15.9. The summed E-state index contributed by atoms with van der Waals surface area (Å²) in [6.07, 6.45) is 3.25. The summed E-state index contributed by atoms with van der Waals surface area (Å²) in [7, 11) is -3.67. The summed E-state index contributed by atoms with van der Waals surface area (Å²) >= 11 is 0. The normalized spacial score (nSPS) is 11.7. The Balaban J connectivity index is 1.34. The number of aromatic nitrogens is 3. The highest BCUT2D eigenvalue weighted by Gasteiger charge is 2.14. The van der Waals surface area contributed by atoms with Crippen LogP contribution in [0.5, 0.6) is 0 Å². The van der Waals surface area contributed by atoms with Crippen LogP contribution in [0.3, 0.4) is 0 Å². The average Bonchev–Trinajstić information content (AvgIpc) is 3.25. The van der Waals surface area contributed by atoms with Crippen molar-refractivity contribution in [2.45, 2.75) is 6.54 Å². The Hall–Kier alpha value is -3.60. The van der Waals surface area contributed by atoms with Gasteiger partial charge in [-0.25, -0.2) is 17.7 Å². The molecular weight excluding hydrogens is 398 g/mol. The van der Waals surface area contributed by atoms with Gasteiger partial charge < -0.3 is 9.73 Å². The van der Waals surface area contributed by atoms with Crippen LogP contribution in [0, 0.1) is 0 Å². The van der Waals surface area contributed by atoms with Crippen molar-refractivity contribution < 1.29 is 17.6 Å². The Kier molecular flexibility index (Phi) is 4.80. The largest absolute Gasteiger partial charge is 0.420 e. The van der Waals surface area contributed by atoms with Gasteiger partial charge in [-0.15, -0.1) is 0 Å². The van der Waals surface area contributed by atoms with Crippen LogP contribution in [0.1, 0.15) is 0 Å². The fraction of sp³-hybridized carbons (Fsp3) is 0.167. The topological polar surface area (TPSA) is 128 Å². The van der Waals surface area contributed by atoms with Gasteiger partial charge in [0, 0.05) is 18.9 Å². The fourth-order valence-electron chi connectivity index (χ4n) is 2.90. The van der Waals surface area contributed by atoms with Gasteiger partial charge in [-0.05, 0) is 30.3 Å². The third kappa shape index (κ3) is 4.14. The van der Waals surface area contributed by atoms with E-state index >= 15 is 0 Å². The summed E-state index contributed by atoms with van der Waals surface area (Å²) in [5.74, 6) is -1.45. The van der Waals surface area contributed by atoms with Crippen LogP contribution in [0.25, 0.3) is 16.6 Å². The summed E-state index contributed by atoms with van der Waals surface area (Å²) in [5.41, 5.74) is 2.03. The number of nitrogens with zero attached hydrogens (tertiary/aromatic N) is 3. The molecule has 11 heteroatoms. The van der Waals surface area contributed by atoms with Crippen LogP contribution in [0.4, 0.5) is 5.69 Å². The number of oxazole rings is 1. The van der Waals surface area contributed by atoms with Crippen molar-refractivity contribution >= 4 is 38.2 Å². The van der Waals surface area contributed by atoms with Crippen molar-refractivity contribution in [1.82, 2.24) is 19.5 Å². The average molecular weight is 415 g/mol. The van der Waals surface area contributed by atoms with Crippen molar-refractivity contribution in [1.29, 1.82) is 0 Å². The fourth-order valence-corrected chi connectivity index (χ4v) is 3.86. The molecule has 0 bridgehead atoms. The Morgan fingerprint density at radius 1 is 1.17 bits per heavy atom. The van der Waals surface area contributed by atoms with Gasteiger partial charge in [-0.2, -0.15) is 5.10 Å². The molecule has 0 saturated heterocycles. The molecule has 3 heterocycles. The zero-order chi connectivity index (χ0) is 20.4.